The van der Waals surface area contributed by atoms with Gasteiger partial charge in [-0.1, -0.05) is 12.8 Å². The zero-order chi connectivity index (χ0) is 8.32. The van der Waals surface area contributed by atoms with Gasteiger partial charge in [0.25, 0.3) is 0 Å². The van der Waals surface area contributed by atoms with Gasteiger partial charge in [-0.3, -0.25) is 0 Å². The minimum atomic E-state index is 0.0359. The summed E-state index contributed by atoms with van der Waals surface area (Å²) in [5.74, 6) is 0. The van der Waals surface area contributed by atoms with Crippen LogP contribution in [0.25, 0.3) is 0 Å². The molecule has 0 unspecified atom stereocenters. The molecule has 1 aliphatic carbocycles. The first-order chi connectivity index (χ1) is 5.18. The van der Waals surface area contributed by atoms with E-state index in [1.54, 1.807) is 0 Å². The zero-order valence-corrected chi connectivity index (χ0v) is 7.60. The smallest absolute Gasteiger partial charge is 0.0807 e. The molecule has 2 N–H and O–H groups in total. The van der Waals surface area contributed by atoms with E-state index >= 15 is 0 Å². The van der Waals surface area contributed by atoms with Crippen molar-refractivity contribution in [2.75, 3.05) is 6.54 Å². The number of ether oxygens (including phenoxy) is 1. The minimum Gasteiger partial charge on any atom is -0.371 e. The van der Waals surface area contributed by atoms with Crippen LogP contribution < -0.4 is 5.73 Å². The standard InChI is InChI=1S/C9H19NO/c1-8(2)11-9(7-10)5-3-4-6-9/h8H,3-7,10H2,1-2H3. The highest BCUT2D eigenvalue weighted by molar-refractivity contribution is 4.87. The van der Waals surface area contributed by atoms with Crippen molar-refractivity contribution in [3.63, 3.8) is 0 Å². The Bertz CT molecular complexity index is 117. The van der Waals surface area contributed by atoms with E-state index in [0.717, 1.165) is 12.8 Å². The van der Waals surface area contributed by atoms with Gasteiger partial charge in [0.05, 0.1) is 11.7 Å². The number of nitrogens with two attached hydrogens (primary N) is 1. The third kappa shape index (κ3) is 2.17. The van der Waals surface area contributed by atoms with E-state index in [4.69, 9.17) is 10.5 Å². The Morgan fingerprint density at radius 2 is 1.91 bits per heavy atom. The van der Waals surface area contributed by atoms with Crippen LogP contribution in [0.3, 0.4) is 0 Å². The Kier molecular flexibility index (Phi) is 2.90. The van der Waals surface area contributed by atoms with Crippen molar-refractivity contribution >= 4 is 0 Å². The first-order valence-corrected chi connectivity index (χ1v) is 4.56. The van der Waals surface area contributed by atoms with Crippen molar-refractivity contribution in [1.82, 2.24) is 0 Å². The summed E-state index contributed by atoms with van der Waals surface area (Å²) < 4.78 is 5.82. The van der Waals surface area contributed by atoms with Gasteiger partial charge in [-0.15, -0.1) is 0 Å². The van der Waals surface area contributed by atoms with Crippen molar-refractivity contribution < 1.29 is 4.74 Å². The quantitative estimate of drug-likeness (QED) is 0.676. The molecule has 1 aliphatic rings. The molecule has 2 nitrogen and oxygen atoms in total. The molecule has 0 atom stereocenters. The second-order valence-electron chi connectivity index (χ2n) is 3.76. The monoisotopic (exact) mass is 157 g/mol. The van der Waals surface area contributed by atoms with Crippen molar-refractivity contribution in [1.29, 1.82) is 0 Å². The van der Waals surface area contributed by atoms with Gasteiger partial charge >= 0.3 is 0 Å². The summed E-state index contributed by atoms with van der Waals surface area (Å²) in [7, 11) is 0. The Hall–Kier alpha value is -0.0800. The molecular weight excluding hydrogens is 138 g/mol. The summed E-state index contributed by atoms with van der Waals surface area (Å²) in [5.41, 5.74) is 5.73. The molecule has 11 heavy (non-hydrogen) atoms. The van der Waals surface area contributed by atoms with Gasteiger partial charge in [0, 0.05) is 6.54 Å². The predicted molar refractivity (Wildman–Crippen MR) is 46.5 cm³/mol. The fourth-order valence-electron chi connectivity index (χ4n) is 1.89. The molecular formula is C9H19NO. The average molecular weight is 157 g/mol. The van der Waals surface area contributed by atoms with Crippen LogP contribution in [0, 0.1) is 0 Å². The van der Waals surface area contributed by atoms with E-state index < -0.39 is 0 Å². The molecule has 0 aromatic carbocycles. The van der Waals surface area contributed by atoms with Crippen LogP contribution in [0.1, 0.15) is 39.5 Å². The SMILES string of the molecule is CC(C)OC1(CN)CCCC1. The highest BCUT2D eigenvalue weighted by Crippen LogP contribution is 2.33. The van der Waals surface area contributed by atoms with Crippen LogP contribution in [0.5, 0.6) is 0 Å². The molecule has 2 heteroatoms. The van der Waals surface area contributed by atoms with Crippen molar-refractivity contribution in [3.8, 4) is 0 Å². The molecule has 0 amide bonds. The maximum Gasteiger partial charge on any atom is 0.0807 e. The van der Waals surface area contributed by atoms with Crippen LogP contribution >= 0.6 is 0 Å². The number of hydrogen-bond acceptors (Lipinski definition) is 2. The van der Waals surface area contributed by atoms with Gasteiger partial charge < -0.3 is 10.5 Å². The maximum absolute atomic E-state index is 5.82. The first-order valence-electron chi connectivity index (χ1n) is 4.56. The molecule has 0 aromatic rings. The van der Waals surface area contributed by atoms with Crippen LogP contribution in [-0.4, -0.2) is 18.2 Å². The Morgan fingerprint density at radius 3 is 2.27 bits per heavy atom. The summed E-state index contributed by atoms with van der Waals surface area (Å²) in [6, 6.07) is 0. The lowest BCUT2D eigenvalue weighted by molar-refractivity contribution is -0.0692. The van der Waals surface area contributed by atoms with E-state index in [1.165, 1.54) is 12.8 Å². The molecule has 1 saturated carbocycles. The number of rotatable bonds is 3. The summed E-state index contributed by atoms with van der Waals surface area (Å²) in [4.78, 5) is 0. The molecule has 0 spiro atoms. The fourth-order valence-corrected chi connectivity index (χ4v) is 1.89. The lowest BCUT2D eigenvalue weighted by Gasteiger charge is -2.29. The van der Waals surface area contributed by atoms with Gasteiger partial charge in [0.15, 0.2) is 0 Å². The van der Waals surface area contributed by atoms with Gasteiger partial charge in [0.2, 0.25) is 0 Å². The average Bonchev–Trinajstić information content (AvgIpc) is 2.36. The van der Waals surface area contributed by atoms with E-state index in [-0.39, 0.29) is 5.60 Å². The Morgan fingerprint density at radius 1 is 1.36 bits per heavy atom. The third-order valence-corrected chi connectivity index (χ3v) is 2.37. The third-order valence-electron chi connectivity index (χ3n) is 2.37. The number of hydrogen-bond donors (Lipinski definition) is 1. The Labute approximate surface area is 69.1 Å². The van der Waals surface area contributed by atoms with Gasteiger partial charge in [-0.05, 0) is 26.7 Å². The van der Waals surface area contributed by atoms with E-state index in [2.05, 4.69) is 13.8 Å². The van der Waals surface area contributed by atoms with Gasteiger partial charge in [0.1, 0.15) is 0 Å². The fraction of sp³-hybridized carbons (Fsp3) is 1.00. The second-order valence-corrected chi connectivity index (χ2v) is 3.76. The Balaban J connectivity index is 2.45. The second kappa shape index (κ2) is 3.55. The molecule has 1 fully saturated rings. The molecule has 0 aromatic heterocycles. The minimum absolute atomic E-state index is 0.0359. The molecule has 0 saturated heterocycles. The van der Waals surface area contributed by atoms with Crippen LogP contribution in [-0.2, 0) is 4.74 Å². The van der Waals surface area contributed by atoms with Crippen molar-refractivity contribution in [2.45, 2.75) is 51.2 Å². The maximum atomic E-state index is 5.82. The molecule has 66 valence electrons. The highest BCUT2D eigenvalue weighted by Gasteiger charge is 2.33. The molecule has 1 rings (SSSR count). The zero-order valence-electron chi connectivity index (χ0n) is 7.60. The van der Waals surface area contributed by atoms with Crippen LogP contribution in [0.15, 0.2) is 0 Å². The summed E-state index contributed by atoms with van der Waals surface area (Å²) in [5, 5.41) is 0. The summed E-state index contributed by atoms with van der Waals surface area (Å²) in [6.45, 7) is 4.84. The molecule has 0 bridgehead atoms. The lowest BCUT2D eigenvalue weighted by atomic mass is 10.0. The first kappa shape index (κ1) is 9.01. The molecule has 0 radical (unpaired) electrons. The van der Waals surface area contributed by atoms with E-state index in [9.17, 15) is 0 Å². The van der Waals surface area contributed by atoms with Gasteiger partial charge in [-0.2, -0.15) is 0 Å². The predicted octanol–water partition coefficient (Wildman–Crippen LogP) is 1.68. The highest BCUT2D eigenvalue weighted by atomic mass is 16.5. The van der Waals surface area contributed by atoms with Crippen molar-refractivity contribution in [3.05, 3.63) is 0 Å². The van der Waals surface area contributed by atoms with E-state index in [1.807, 2.05) is 0 Å². The normalized spacial score (nSPS) is 22.9. The van der Waals surface area contributed by atoms with E-state index in [0.29, 0.717) is 12.6 Å². The van der Waals surface area contributed by atoms with Crippen LogP contribution in [0.4, 0.5) is 0 Å². The van der Waals surface area contributed by atoms with Crippen molar-refractivity contribution in [2.24, 2.45) is 5.73 Å². The topological polar surface area (TPSA) is 35.2 Å². The molecule has 0 aliphatic heterocycles. The van der Waals surface area contributed by atoms with Gasteiger partial charge in [-0.25, -0.2) is 0 Å². The largest absolute Gasteiger partial charge is 0.371 e. The summed E-state index contributed by atoms with van der Waals surface area (Å²) >= 11 is 0. The van der Waals surface area contributed by atoms with Crippen LogP contribution in [0.2, 0.25) is 0 Å². The lowest BCUT2D eigenvalue weighted by Crippen LogP contribution is -2.39. The summed E-state index contributed by atoms with van der Waals surface area (Å²) in [6.07, 6.45) is 5.19. The molecule has 0 heterocycles.